The van der Waals surface area contributed by atoms with Crippen molar-refractivity contribution in [3.8, 4) is 5.75 Å². The normalized spacial score (nSPS) is 10.4. The second-order valence-electron chi connectivity index (χ2n) is 6.83. The second-order valence-corrected chi connectivity index (χ2v) is 7.24. The molecule has 0 aliphatic carbocycles. The molecule has 0 unspecified atom stereocenters. The van der Waals surface area contributed by atoms with Gasteiger partial charge in [0.1, 0.15) is 5.75 Å². The smallest absolute Gasteiger partial charge is 0.243 e. The van der Waals surface area contributed by atoms with Crippen molar-refractivity contribution in [3.05, 3.63) is 88.9 Å². The van der Waals surface area contributed by atoms with E-state index in [-0.39, 0.29) is 12.5 Å². The molecule has 2 N–H and O–H groups in total. The monoisotopic (exact) mass is 408 g/mol. The number of benzene rings is 3. The van der Waals surface area contributed by atoms with E-state index in [9.17, 15) is 4.79 Å². The lowest BCUT2D eigenvalue weighted by atomic mass is 10.1. The summed E-state index contributed by atoms with van der Waals surface area (Å²) in [6.45, 7) is 2.72. The van der Waals surface area contributed by atoms with Gasteiger partial charge in [0.15, 0.2) is 0 Å². The zero-order chi connectivity index (χ0) is 20.5. The average molecular weight is 409 g/mol. The Balaban J connectivity index is 1.43. The Kier molecular flexibility index (Phi) is 7.54. The van der Waals surface area contributed by atoms with Crippen molar-refractivity contribution in [3.63, 3.8) is 0 Å². The van der Waals surface area contributed by atoms with Gasteiger partial charge in [0.05, 0.1) is 13.2 Å². The number of carbonyl (C=O) groups is 1. The zero-order valence-electron chi connectivity index (χ0n) is 16.5. The SMILES string of the molecule is Cc1ccc(NC(=O)CNc2cccc(OCCCc3ccccc3)c2)cc1Cl. The second kappa shape index (κ2) is 10.5. The number of hydrogen-bond donors (Lipinski definition) is 2. The van der Waals surface area contributed by atoms with Gasteiger partial charge in [-0.15, -0.1) is 0 Å². The van der Waals surface area contributed by atoms with Crippen LogP contribution in [-0.2, 0) is 11.2 Å². The topological polar surface area (TPSA) is 50.4 Å². The Hall–Kier alpha value is -2.98. The van der Waals surface area contributed by atoms with E-state index in [0.717, 1.165) is 29.8 Å². The molecule has 1 amide bonds. The lowest BCUT2D eigenvalue weighted by Gasteiger charge is -2.11. The van der Waals surface area contributed by atoms with Crippen LogP contribution < -0.4 is 15.4 Å². The third-order valence-electron chi connectivity index (χ3n) is 4.46. The number of rotatable bonds is 9. The van der Waals surface area contributed by atoms with Crippen molar-refractivity contribution in [1.29, 1.82) is 0 Å². The molecule has 0 aliphatic rings. The van der Waals surface area contributed by atoms with Crippen molar-refractivity contribution in [1.82, 2.24) is 0 Å². The van der Waals surface area contributed by atoms with Crippen LogP contribution in [0.2, 0.25) is 5.02 Å². The fraction of sp³-hybridized carbons (Fsp3) is 0.208. The van der Waals surface area contributed by atoms with Crippen molar-refractivity contribution in [2.75, 3.05) is 23.8 Å². The van der Waals surface area contributed by atoms with Gasteiger partial charge in [-0.25, -0.2) is 0 Å². The number of nitrogens with one attached hydrogen (secondary N) is 2. The standard InChI is InChI=1S/C24H25ClN2O2/c1-18-12-13-21(16-23(18)25)27-24(28)17-26-20-10-5-11-22(15-20)29-14-6-9-19-7-3-2-4-8-19/h2-5,7-8,10-13,15-16,26H,6,9,14,17H2,1H3,(H,27,28). The number of aryl methyl sites for hydroxylation is 2. The summed E-state index contributed by atoms with van der Waals surface area (Å²) in [5.41, 5.74) is 3.81. The molecule has 3 rings (SSSR count). The molecular weight excluding hydrogens is 384 g/mol. The number of hydrogen-bond acceptors (Lipinski definition) is 3. The highest BCUT2D eigenvalue weighted by atomic mass is 35.5. The molecule has 0 bridgehead atoms. The molecule has 0 spiro atoms. The van der Waals surface area contributed by atoms with E-state index in [1.165, 1.54) is 5.56 Å². The Morgan fingerprint density at radius 3 is 2.59 bits per heavy atom. The van der Waals surface area contributed by atoms with E-state index in [1.54, 1.807) is 6.07 Å². The molecule has 0 saturated carbocycles. The van der Waals surface area contributed by atoms with E-state index < -0.39 is 0 Å². The van der Waals surface area contributed by atoms with Gasteiger partial charge < -0.3 is 15.4 Å². The highest BCUT2D eigenvalue weighted by Gasteiger charge is 2.05. The van der Waals surface area contributed by atoms with E-state index in [2.05, 4.69) is 34.9 Å². The first-order valence-corrected chi connectivity index (χ1v) is 10.0. The van der Waals surface area contributed by atoms with Crippen molar-refractivity contribution in [2.45, 2.75) is 19.8 Å². The van der Waals surface area contributed by atoms with Crippen molar-refractivity contribution >= 4 is 28.9 Å². The Morgan fingerprint density at radius 2 is 1.79 bits per heavy atom. The Morgan fingerprint density at radius 1 is 0.966 bits per heavy atom. The first-order chi connectivity index (χ1) is 14.1. The van der Waals surface area contributed by atoms with Crippen LogP contribution in [0.15, 0.2) is 72.8 Å². The quantitative estimate of drug-likeness (QED) is 0.446. The lowest BCUT2D eigenvalue weighted by molar-refractivity contribution is -0.114. The van der Waals surface area contributed by atoms with Crippen LogP contribution in [0.25, 0.3) is 0 Å². The van der Waals surface area contributed by atoms with Gasteiger partial charge in [-0.2, -0.15) is 0 Å². The minimum Gasteiger partial charge on any atom is -0.494 e. The minimum atomic E-state index is -0.140. The number of halogens is 1. The zero-order valence-corrected chi connectivity index (χ0v) is 17.2. The summed E-state index contributed by atoms with van der Waals surface area (Å²) < 4.78 is 5.84. The highest BCUT2D eigenvalue weighted by molar-refractivity contribution is 6.31. The fourth-order valence-corrected chi connectivity index (χ4v) is 3.05. The summed E-state index contributed by atoms with van der Waals surface area (Å²) in [6, 6.07) is 23.5. The molecule has 4 nitrogen and oxygen atoms in total. The molecule has 150 valence electrons. The molecule has 0 aliphatic heterocycles. The number of anilines is 2. The van der Waals surface area contributed by atoms with Gasteiger partial charge in [0.2, 0.25) is 5.91 Å². The van der Waals surface area contributed by atoms with E-state index in [4.69, 9.17) is 16.3 Å². The summed E-state index contributed by atoms with van der Waals surface area (Å²) >= 11 is 6.09. The van der Waals surface area contributed by atoms with Gasteiger partial charge in [0.25, 0.3) is 0 Å². The summed E-state index contributed by atoms with van der Waals surface area (Å²) in [5.74, 6) is 0.646. The van der Waals surface area contributed by atoms with Crippen LogP contribution in [0.1, 0.15) is 17.5 Å². The minimum absolute atomic E-state index is 0.140. The maximum atomic E-state index is 12.2. The maximum absolute atomic E-state index is 12.2. The van der Waals surface area contributed by atoms with Crippen LogP contribution in [0.5, 0.6) is 5.75 Å². The van der Waals surface area contributed by atoms with E-state index in [1.807, 2.05) is 49.4 Å². The summed E-state index contributed by atoms with van der Waals surface area (Å²) in [4.78, 5) is 12.2. The van der Waals surface area contributed by atoms with Crippen molar-refractivity contribution in [2.24, 2.45) is 0 Å². The number of ether oxygens (including phenoxy) is 1. The predicted molar refractivity (Wildman–Crippen MR) is 120 cm³/mol. The molecule has 0 fully saturated rings. The van der Waals surface area contributed by atoms with Crippen LogP contribution in [0, 0.1) is 6.92 Å². The molecular formula is C24H25ClN2O2. The average Bonchev–Trinajstić information content (AvgIpc) is 2.73. The molecule has 3 aromatic rings. The third-order valence-corrected chi connectivity index (χ3v) is 4.87. The molecule has 5 heteroatoms. The Bertz CT molecular complexity index is 945. The van der Waals surface area contributed by atoms with Gasteiger partial charge in [0, 0.05) is 22.5 Å². The van der Waals surface area contributed by atoms with E-state index >= 15 is 0 Å². The number of amides is 1. The van der Waals surface area contributed by atoms with E-state index in [0.29, 0.717) is 17.3 Å². The van der Waals surface area contributed by atoms with Gasteiger partial charge in [-0.05, 0) is 55.2 Å². The molecule has 0 atom stereocenters. The Labute approximate surface area is 176 Å². The molecule has 0 saturated heterocycles. The summed E-state index contributed by atoms with van der Waals surface area (Å²) in [5, 5.41) is 6.59. The molecule has 3 aromatic carbocycles. The molecule has 0 radical (unpaired) electrons. The molecule has 29 heavy (non-hydrogen) atoms. The van der Waals surface area contributed by atoms with Gasteiger partial charge in [-0.3, -0.25) is 4.79 Å². The van der Waals surface area contributed by atoms with Crippen LogP contribution in [-0.4, -0.2) is 19.1 Å². The van der Waals surface area contributed by atoms with Gasteiger partial charge in [-0.1, -0.05) is 54.1 Å². The fourth-order valence-electron chi connectivity index (χ4n) is 2.86. The maximum Gasteiger partial charge on any atom is 0.243 e. The number of carbonyl (C=O) groups excluding carboxylic acids is 1. The molecule has 0 heterocycles. The molecule has 0 aromatic heterocycles. The highest BCUT2D eigenvalue weighted by Crippen LogP contribution is 2.20. The van der Waals surface area contributed by atoms with Crippen LogP contribution in [0.3, 0.4) is 0 Å². The summed E-state index contributed by atoms with van der Waals surface area (Å²) in [6.07, 6.45) is 1.94. The first kappa shape index (κ1) is 20.7. The third kappa shape index (κ3) is 6.84. The van der Waals surface area contributed by atoms with Crippen LogP contribution in [0.4, 0.5) is 11.4 Å². The largest absolute Gasteiger partial charge is 0.494 e. The van der Waals surface area contributed by atoms with Crippen molar-refractivity contribution < 1.29 is 9.53 Å². The first-order valence-electron chi connectivity index (χ1n) is 9.67. The van der Waals surface area contributed by atoms with Crippen LogP contribution >= 0.6 is 11.6 Å². The summed E-state index contributed by atoms with van der Waals surface area (Å²) in [7, 11) is 0. The lowest BCUT2D eigenvalue weighted by Crippen LogP contribution is -2.21. The predicted octanol–water partition coefficient (Wildman–Crippen LogP) is 5.71. The van der Waals surface area contributed by atoms with Gasteiger partial charge >= 0.3 is 0 Å².